The van der Waals surface area contributed by atoms with Gasteiger partial charge in [0, 0.05) is 13.0 Å². The summed E-state index contributed by atoms with van der Waals surface area (Å²) >= 11 is 4.05. The number of aliphatic hydroxyl groups is 10. The highest BCUT2D eigenvalue weighted by atomic mass is 32.1. The van der Waals surface area contributed by atoms with Crippen LogP contribution >= 0.6 is 12.6 Å². The summed E-state index contributed by atoms with van der Waals surface area (Å²) in [5, 5.41) is 105. The fraction of sp³-hybridized carbons (Fsp3) is 0.960. The Balaban J connectivity index is 1.62. The Labute approximate surface area is 258 Å². The maximum Gasteiger partial charge on any atom is 0.220 e. The lowest BCUT2D eigenvalue weighted by molar-refractivity contribution is -0.380. The van der Waals surface area contributed by atoms with Crippen molar-refractivity contribution in [2.24, 2.45) is 0 Å². The van der Waals surface area contributed by atoms with E-state index in [4.69, 9.17) is 28.4 Å². The molecule has 19 heteroatoms. The van der Waals surface area contributed by atoms with Crippen LogP contribution in [0.15, 0.2) is 0 Å². The Morgan fingerprint density at radius 3 is 1.80 bits per heavy atom. The number of carbonyl (C=O) groups is 1. The Hall–Kier alpha value is -0.820. The smallest absolute Gasteiger partial charge is 0.220 e. The Bertz CT molecular complexity index is 859. The van der Waals surface area contributed by atoms with Gasteiger partial charge in [0.15, 0.2) is 18.9 Å². The maximum atomic E-state index is 11.7. The third-order valence-electron chi connectivity index (χ3n) is 7.56. The molecule has 3 fully saturated rings. The van der Waals surface area contributed by atoms with Gasteiger partial charge in [-0.2, -0.15) is 12.6 Å². The van der Waals surface area contributed by atoms with E-state index in [0.717, 1.165) is 0 Å². The molecule has 0 aromatic heterocycles. The summed E-state index contributed by atoms with van der Waals surface area (Å²) in [6, 6.07) is 0. The molecule has 258 valence electrons. The molecule has 15 atom stereocenters. The summed E-state index contributed by atoms with van der Waals surface area (Å²) < 4.78 is 33.0. The first-order chi connectivity index (χ1) is 21.0. The lowest BCUT2D eigenvalue weighted by Crippen LogP contribution is -2.66. The summed E-state index contributed by atoms with van der Waals surface area (Å²) in [7, 11) is 0. The molecule has 0 aliphatic carbocycles. The second kappa shape index (κ2) is 17.9. The van der Waals surface area contributed by atoms with Gasteiger partial charge in [-0.1, -0.05) is 0 Å². The predicted octanol–water partition coefficient (Wildman–Crippen LogP) is -6.33. The summed E-state index contributed by atoms with van der Waals surface area (Å²) in [5.41, 5.74) is 0. The van der Waals surface area contributed by atoms with Crippen LogP contribution < -0.4 is 5.32 Å². The van der Waals surface area contributed by atoms with E-state index in [1.165, 1.54) is 0 Å². The molecule has 0 radical (unpaired) electrons. The molecule has 3 saturated heterocycles. The van der Waals surface area contributed by atoms with E-state index in [1.807, 2.05) is 0 Å². The highest BCUT2D eigenvalue weighted by Gasteiger charge is 2.53. The summed E-state index contributed by atoms with van der Waals surface area (Å²) in [6.07, 6.45) is -23.5. The van der Waals surface area contributed by atoms with Gasteiger partial charge in [-0.15, -0.1) is 0 Å². The van der Waals surface area contributed by atoms with Gasteiger partial charge >= 0.3 is 0 Å². The number of nitrogens with one attached hydrogen (secondary N) is 1. The molecule has 3 aliphatic heterocycles. The van der Waals surface area contributed by atoms with Crippen molar-refractivity contribution < 1.29 is 84.3 Å². The van der Waals surface area contributed by atoms with E-state index in [0.29, 0.717) is 25.0 Å². The Morgan fingerprint density at radius 2 is 1.18 bits per heavy atom. The van der Waals surface area contributed by atoms with E-state index in [9.17, 15) is 55.9 Å². The molecule has 6 unspecified atom stereocenters. The molecule has 0 aromatic carbocycles. The number of thiol groups is 1. The second-order valence-corrected chi connectivity index (χ2v) is 11.2. The fourth-order valence-corrected chi connectivity index (χ4v) is 5.16. The maximum absolute atomic E-state index is 11.7. The van der Waals surface area contributed by atoms with Crippen LogP contribution in [-0.4, -0.2) is 188 Å². The van der Waals surface area contributed by atoms with Crippen LogP contribution in [0.3, 0.4) is 0 Å². The SMILES string of the molecule is O=C(CCCS)NCCCO[C@@H]1OC(CO)[C@H](O[C@H]2O[C@H](CO)[C@@H](O)C(O[C@H]3O[C@H](CO)[C@@H](O)C(O)C3O)C2O)[C@H](O)C1O. The number of ether oxygens (including phenoxy) is 6. The number of rotatable bonds is 15. The van der Waals surface area contributed by atoms with E-state index < -0.39 is 112 Å². The third-order valence-corrected chi connectivity index (χ3v) is 7.88. The van der Waals surface area contributed by atoms with Crippen LogP contribution in [0, 0.1) is 0 Å². The number of aliphatic hydroxyl groups excluding tert-OH is 10. The van der Waals surface area contributed by atoms with Crippen molar-refractivity contribution in [2.45, 2.75) is 111 Å². The average Bonchev–Trinajstić information content (AvgIpc) is 3.02. The van der Waals surface area contributed by atoms with E-state index >= 15 is 0 Å². The van der Waals surface area contributed by atoms with E-state index in [2.05, 4.69) is 17.9 Å². The Kier molecular flexibility index (Phi) is 15.3. The van der Waals surface area contributed by atoms with E-state index in [-0.39, 0.29) is 19.1 Å². The summed E-state index contributed by atoms with van der Waals surface area (Å²) in [6.45, 7) is -2.02. The number of carbonyl (C=O) groups excluding carboxylic acids is 1. The first-order valence-electron chi connectivity index (χ1n) is 14.3. The number of hydrogen-bond donors (Lipinski definition) is 12. The number of hydrogen-bond acceptors (Lipinski definition) is 18. The lowest BCUT2D eigenvalue weighted by Gasteiger charge is -2.48. The topological polar surface area (TPSA) is 287 Å². The van der Waals surface area contributed by atoms with Gasteiger partial charge < -0.3 is 84.8 Å². The molecular weight excluding hydrogens is 618 g/mol. The van der Waals surface area contributed by atoms with Crippen LogP contribution in [0.1, 0.15) is 19.3 Å². The average molecular weight is 664 g/mol. The molecule has 18 nitrogen and oxygen atoms in total. The minimum Gasteiger partial charge on any atom is -0.394 e. The van der Waals surface area contributed by atoms with E-state index in [1.54, 1.807) is 0 Å². The quantitative estimate of drug-likeness (QED) is 0.0573. The van der Waals surface area contributed by atoms with Crippen molar-refractivity contribution in [2.75, 3.05) is 38.7 Å². The highest BCUT2D eigenvalue weighted by molar-refractivity contribution is 7.80. The molecule has 0 saturated carbocycles. The molecule has 3 aliphatic rings. The fourth-order valence-electron chi connectivity index (χ4n) is 5.00. The monoisotopic (exact) mass is 663 g/mol. The molecule has 3 heterocycles. The zero-order valence-electron chi connectivity index (χ0n) is 23.8. The first kappa shape index (κ1) is 37.6. The molecule has 44 heavy (non-hydrogen) atoms. The lowest BCUT2D eigenvalue weighted by atomic mass is 9.96. The van der Waals surface area contributed by atoms with Crippen LogP contribution in [-0.2, 0) is 33.2 Å². The van der Waals surface area contributed by atoms with Crippen LogP contribution in [0.25, 0.3) is 0 Å². The normalized spacial score (nSPS) is 43.1. The molecule has 0 bridgehead atoms. The molecule has 3 rings (SSSR count). The minimum absolute atomic E-state index is 0.0163. The molecular formula is C25H45NO17S. The van der Waals surface area contributed by atoms with Gasteiger partial charge in [0.25, 0.3) is 0 Å². The summed E-state index contributed by atoms with van der Waals surface area (Å²) in [4.78, 5) is 11.7. The Morgan fingerprint density at radius 1 is 0.636 bits per heavy atom. The molecule has 0 aromatic rings. The number of amides is 1. The zero-order chi connectivity index (χ0) is 32.6. The van der Waals surface area contributed by atoms with Crippen molar-refractivity contribution in [3.8, 4) is 0 Å². The van der Waals surface area contributed by atoms with Gasteiger partial charge in [-0.25, -0.2) is 0 Å². The molecule has 1 amide bonds. The van der Waals surface area contributed by atoms with Gasteiger partial charge in [-0.3, -0.25) is 4.79 Å². The van der Waals surface area contributed by atoms with Crippen molar-refractivity contribution in [3.05, 3.63) is 0 Å². The standard InChI is InChI=1S/C25H45NO17S/c27-7-10-14(31)16(33)18(35)24(39-10)43-22-15(32)11(8-28)40-25(20(22)37)42-21-12(9-29)41-23(19(36)17(21)34)38-5-2-4-26-13(30)3-1-6-44/h10-12,14-25,27-29,31-37,44H,1-9H2,(H,26,30)/t10-,11-,12?,14-,15-,16?,17-,18?,19?,20?,21+,22?,23-,24-,25-/m1/s1. The van der Waals surface area contributed by atoms with Crippen molar-refractivity contribution in [1.29, 1.82) is 0 Å². The van der Waals surface area contributed by atoms with Gasteiger partial charge in [-0.05, 0) is 18.6 Å². The summed E-state index contributed by atoms with van der Waals surface area (Å²) in [5.74, 6) is 0.436. The van der Waals surface area contributed by atoms with Gasteiger partial charge in [0.2, 0.25) is 5.91 Å². The molecule has 11 N–H and O–H groups in total. The zero-order valence-corrected chi connectivity index (χ0v) is 24.7. The van der Waals surface area contributed by atoms with Crippen LogP contribution in [0.2, 0.25) is 0 Å². The van der Waals surface area contributed by atoms with Crippen molar-refractivity contribution >= 4 is 18.5 Å². The highest BCUT2D eigenvalue weighted by Crippen LogP contribution is 2.32. The first-order valence-corrected chi connectivity index (χ1v) is 15.0. The second-order valence-electron chi connectivity index (χ2n) is 10.7. The van der Waals surface area contributed by atoms with Crippen LogP contribution in [0.5, 0.6) is 0 Å². The predicted molar refractivity (Wildman–Crippen MR) is 146 cm³/mol. The third kappa shape index (κ3) is 9.16. The largest absolute Gasteiger partial charge is 0.394 e. The minimum atomic E-state index is -1.92. The van der Waals surface area contributed by atoms with Crippen molar-refractivity contribution in [3.63, 3.8) is 0 Å². The van der Waals surface area contributed by atoms with Gasteiger partial charge in [0.1, 0.15) is 73.2 Å². The van der Waals surface area contributed by atoms with Gasteiger partial charge in [0.05, 0.1) is 26.4 Å². The molecule has 0 spiro atoms. The van der Waals surface area contributed by atoms with Crippen LogP contribution in [0.4, 0.5) is 0 Å². The van der Waals surface area contributed by atoms with Crippen molar-refractivity contribution in [1.82, 2.24) is 5.32 Å².